The molecule has 2 aromatic heterocycles. The number of ether oxygens (including phenoxy) is 1. The van der Waals surface area contributed by atoms with Crippen molar-refractivity contribution in [2.75, 3.05) is 11.9 Å². The molecule has 28 heavy (non-hydrogen) atoms. The number of aromatic nitrogens is 3. The first-order valence-electron chi connectivity index (χ1n) is 8.15. The first-order valence-corrected chi connectivity index (χ1v) is 9.03. The molecule has 0 amide bonds. The summed E-state index contributed by atoms with van der Waals surface area (Å²) in [6, 6.07) is 2.48. The fraction of sp³-hybridized carbons (Fsp3) is 0.250. The maximum atomic E-state index is 11.6. The van der Waals surface area contributed by atoms with Gasteiger partial charge < -0.3 is 20.0 Å². The number of anilines is 1. The second-order valence-corrected chi connectivity index (χ2v) is 6.53. The standard InChI is InChI=1S/C16H15N5O6S/c1-2-27-12(22)4-9-7-28-16(18-9)17-6-8-3-10(21(25)26)5-11-13(8)20-15(24)14(23)19-11/h3,5,7H,2,4,6H2,1H3,(H,17,18)(H,19,23)(H,20,24). The molecular weight excluding hydrogens is 390 g/mol. The van der Waals surface area contributed by atoms with Gasteiger partial charge in [0.25, 0.3) is 5.69 Å². The van der Waals surface area contributed by atoms with Crippen LogP contribution in [0, 0.1) is 10.1 Å². The van der Waals surface area contributed by atoms with Gasteiger partial charge in [0, 0.05) is 29.6 Å². The number of thiazole rings is 1. The number of fused-ring (bicyclic) bond motifs is 1. The van der Waals surface area contributed by atoms with Gasteiger partial charge in [-0.05, 0) is 6.92 Å². The summed E-state index contributed by atoms with van der Waals surface area (Å²) in [5.41, 5.74) is -0.603. The van der Waals surface area contributed by atoms with E-state index >= 15 is 0 Å². The monoisotopic (exact) mass is 405 g/mol. The SMILES string of the molecule is CCOC(=O)Cc1csc(NCc2cc([N+](=O)[O-])cc3[nH]c(=O)c(=O)[nH]c23)n1. The van der Waals surface area contributed by atoms with Crippen LogP contribution >= 0.6 is 11.3 Å². The molecule has 12 heteroatoms. The number of nitrogens with one attached hydrogen (secondary N) is 3. The quantitative estimate of drug-likeness (QED) is 0.229. The van der Waals surface area contributed by atoms with Crippen molar-refractivity contribution in [1.82, 2.24) is 15.0 Å². The summed E-state index contributed by atoms with van der Waals surface area (Å²) < 4.78 is 4.87. The highest BCUT2D eigenvalue weighted by molar-refractivity contribution is 7.13. The third-order valence-electron chi connectivity index (χ3n) is 3.72. The zero-order valence-electron chi connectivity index (χ0n) is 14.6. The Morgan fingerprint density at radius 2 is 2.07 bits per heavy atom. The molecule has 0 saturated carbocycles. The highest BCUT2D eigenvalue weighted by Gasteiger charge is 2.15. The Balaban J connectivity index is 1.86. The van der Waals surface area contributed by atoms with Crippen molar-refractivity contribution in [3.8, 4) is 0 Å². The van der Waals surface area contributed by atoms with Crippen LogP contribution in [0.3, 0.4) is 0 Å². The molecule has 3 rings (SSSR count). The van der Waals surface area contributed by atoms with E-state index in [1.807, 2.05) is 0 Å². The van der Waals surface area contributed by atoms with Crippen LogP contribution in [0.1, 0.15) is 18.2 Å². The summed E-state index contributed by atoms with van der Waals surface area (Å²) in [4.78, 5) is 54.2. The molecule has 0 aliphatic rings. The largest absolute Gasteiger partial charge is 0.466 e. The number of H-pyrrole nitrogens is 2. The van der Waals surface area contributed by atoms with Crippen LogP contribution in [0.25, 0.3) is 11.0 Å². The van der Waals surface area contributed by atoms with Crippen molar-refractivity contribution in [1.29, 1.82) is 0 Å². The van der Waals surface area contributed by atoms with Crippen molar-refractivity contribution >= 4 is 39.2 Å². The molecular formula is C16H15N5O6S. The molecule has 11 nitrogen and oxygen atoms in total. The number of carbonyl (C=O) groups excluding carboxylic acids is 1. The van der Waals surface area contributed by atoms with E-state index in [2.05, 4.69) is 20.3 Å². The van der Waals surface area contributed by atoms with Gasteiger partial charge in [-0.15, -0.1) is 11.3 Å². The number of hydrogen-bond acceptors (Lipinski definition) is 9. The molecule has 0 atom stereocenters. The lowest BCUT2D eigenvalue weighted by Gasteiger charge is -2.07. The molecule has 146 valence electrons. The molecule has 0 spiro atoms. The van der Waals surface area contributed by atoms with Gasteiger partial charge in [0.2, 0.25) is 0 Å². The van der Waals surface area contributed by atoms with Gasteiger partial charge in [0.05, 0.1) is 34.7 Å². The van der Waals surface area contributed by atoms with Gasteiger partial charge in [0.1, 0.15) is 0 Å². The minimum atomic E-state index is -0.893. The first-order chi connectivity index (χ1) is 13.4. The average molecular weight is 405 g/mol. The number of nitrogens with zero attached hydrogens (tertiary/aromatic N) is 2. The predicted molar refractivity (Wildman–Crippen MR) is 102 cm³/mol. The van der Waals surface area contributed by atoms with Gasteiger partial charge in [-0.3, -0.25) is 24.5 Å². The number of benzene rings is 1. The lowest BCUT2D eigenvalue weighted by Crippen LogP contribution is -2.29. The Morgan fingerprint density at radius 3 is 2.79 bits per heavy atom. The van der Waals surface area contributed by atoms with E-state index in [0.29, 0.717) is 16.4 Å². The normalized spacial score (nSPS) is 10.8. The highest BCUT2D eigenvalue weighted by atomic mass is 32.1. The molecule has 3 aromatic rings. The fourth-order valence-corrected chi connectivity index (χ4v) is 3.24. The van der Waals surface area contributed by atoms with Crippen LogP contribution in [0.5, 0.6) is 0 Å². The van der Waals surface area contributed by atoms with Crippen LogP contribution in [0.2, 0.25) is 0 Å². The first kappa shape index (κ1) is 19.2. The van der Waals surface area contributed by atoms with Gasteiger partial charge >= 0.3 is 17.1 Å². The highest BCUT2D eigenvalue weighted by Crippen LogP contribution is 2.23. The summed E-state index contributed by atoms with van der Waals surface area (Å²) in [7, 11) is 0. The Labute approximate surface area is 160 Å². The smallest absolute Gasteiger partial charge is 0.314 e. The number of hydrogen-bond donors (Lipinski definition) is 3. The fourth-order valence-electron chi connectivity index (χ4n) is 2.53. The molecule has 0 aliphatic carbocycles. The molecule has 0 unspecified atom stereocenters. The Morgan fingerprint density at radius 1 is 1.32 bits per heavy atom. The topological polar surface area (TPSA) is 160 Å². The van der Waals surface area contributed by atoms with Crippen LogP contribution in [-0.2, 0) is 22.5 Å². The van der Waals surface area contributed by atoms with Crippen molar-refractivity contribution in [3.63, 3.8) is 0 Å². The summed E-state index contributed by atoms with van der Waals surface area (Å²) in [5.74, 6) is -0.384. The van der Waals surface area contributed by atoms with E-state index in [1.54, 1.807) is 12.3 Å². The van der Waals surface area contributed by atoms with Crippen molar-refractivity contribution in [2.24, 2.45) is 0 Å². The van der Waals surface area contributed by atoms with E-state index in [4.69, 9.17) is 4.74 Å². The molecule has 3 N–H and O–H groups in total. The predicted octanol–water partition coefficient (Wildman–Crippen LogP) is 1.30. The second kappa shape index (κ2) is 8.00. The summed E-state index contributed by atoms with van der Waals surface area (Å²) in [6.45, 7) is 2.10. The number of nitro groups is 1. The Kier molecular flexibility index (Phi) is 5.49. The molecule has 0 fully saturated rings. The zero-order valence-corrected chi connectivity index (χ0v) is 15.4. The Hall–Kier alpha value is -3.54. The molecule has 2 heterocycles. The van der Waals surface area contributed by atoms with E-state index in [0.717, 1.165) is 0 Å². The van der Waals surface area contributed by atoms with E-state index in [9.17, 15) is 24.5 Å². The van der Waals surface area contributed by atoms with Gasteiger partial charge in [0.15, 0.2) is 5.13 Å². The molecule has 0 aliphatic heterocycles. The minimum absolute atomic E-state index is 0.0420. The maximum Gasteiger partial charge on any atom is 0.314 e. The minimum Gasteiger partial charge on any atom is -0.466 e. The number of carbonyl (C=O) groups is 1. The van der Waals surface area contributed by atoms with Crippen molar-refractivity contribution in [2.45, 2.75) is 19.9 Å². The van der Waals surface area contributed by atoms with Gasteiger partial charge in [-0.25, -0.2) is 4.98 Å². The number of aromatic amines is 2. The third kappa shape index (κ3) is 4.23. The van der Waals surface area contributed by atoms with Crippen LogP contribution in [0.4, 0.5) is 10.8 Å². The Bertz CT molecular complexity index is 1160. The van der Waals surface area contributed by atoms with Crippen LogP contribution in [-0.4, -0.2) is 32.5 Å². The third-order valence-corrected chi connectivity index (χ3v) is 4.57. The molecule has 0 radical (unpaired) electrons. The molecule has 1 aromatic carbocycles. The number of nitro benzene ring substituents is 1. The zero-order chi connectivity index (χ0) is 20.3. The van der Waals surface area contributed by atoms with E-state index < -0.39 is 16.0 Å². The summed E-state index contributed by atoms with van der Waals surface area (Å²) >= 11 is 1.26. The number of non-ortho nitro benzene ring substituents is 1. The average Bonchev–Trinajstić information content (AvgIpc) is 3.08. The molecule has 0 bridgehead atoms. The van der Waals surface area contributed by atoms with Gasteiger partial charge in [-0.1, -0.05) is 0 Å². The van der Waals surface area contributed by atoms with Crippen LogP contribution < -0.4 is 16.4 Å². The second-order valence-electron chi connectivity index (χ2n) is 5.67. The van der Waals surface area contributed by atoms with Crippen LogP contribution in [0.15, 0.2) is 27.1 Å². The lowest BCUT2D eigenvalue weighted by atomic mass is 10.1. The van der Waals surface area contributed by atoms with Crippen molar-refractivity contribution < 1.29 is 14.5 Å². The number of esters is 1. The molecule has 0 saturated heterocycles. The maximum absolute atomic E-state index is 11.6. The lowest BCUT2D eigenvalue weighted by molar-refractivity contribution is -0.384. The van der Waals surface area contributed by atoms with E-state index in [-0.39, 0.29) is 42.3 Å². The summed E-state index contributed by atoms with van der Waals surface area (Å²) in [6.07, 6.45) is 0.0420. The number of rotatable bonds is 7. The van der Waals surface area contributed by atoms with Crippen molar-refractivity contribution in [3.05, 3.63) is 59.6 Å². The van der Waals surface area contributed by atoms with E-state index in [1.165, 1.54) is 23.5 Å². The van der Waals surface area contributed by atoms with Gasteiger partial charge in [-0.2, -0.15) is 0 Å². The summed E-state index contributed by atoms with van der Waals surface area (Å²) in [5, 5.41) is 16.3.